The van der Waals surface area contributed by atoms with Gasteiger partial charge in [-0.2, -0.15) is 9.65 Å². The molecule has 0 bridgehead atoms. The lowest BCUT2D eigenvalue weighted by Gasteiger charge is -2.20. The number of halogens is 1. The molecule has 0 amide bonds. The van der Waals surface area contributed by atoms with Crippen LogP contribution in [0, 0.1) is 17.3 Å². The van der Waals surface area contributed by atoms with Gasteiger partial charge in [-0.05, 0) is 49.7 Å². The van der Waals surface area contributed by atoms with E-state index in [0.717, 1.165) is 49.8 Å². The highest BCUT2D eigenvalue weighted by Crippen LogP contribution is 2.43. The first kappa shape index (κ1) is 9.77. The van der Waals surface area contributed by atoms with Crippen LogP contribution in [0.1, 0.15) is 54.0 Å². The van der Waals surface area contributed by atoms with Gasteiger partial charge in [-0.3, -0.25) is 0 Å². The Morgan fingerprint density at radius 3 is 2.50 bits per heavy atom. The molecule has 0 unspecified atom stereocenters. The zero-order valence-electron chi connectivity index (χ0n) is 9.09. The molecule has 82 valence electrons. The first-order chi connectivity index (χ1) is 7.81. The third kappa shape index (κ3) is 1.41. The fourth-order valence-electron chi connectivity index (χ4n) is 2.63. The maximum absolute atomic E-state index is 13.7. The molecule has 0 radical (unpaired) electrons. The number of fused-ring (bicyclic) bond motifs is 1. The van der Waals surface area contributed by atoms with Gasteiger partial charge >= 0.3 is 0 Å². The second kappa shape index (κ2) is 3.55. The van der Waals surface area contributed by atoms with Gasteiger partial charge < -0.3 is 0 Å². The molecule has 2 nitrogen and oxygen atoms in total. The zero-order valence-corrected chi connectivity index (χ0v) is 9.09. The van der Waals surface area contributed by atoms with Gasteiger partial charge in [0.05, 0.1) is 5.69 Å². The van der Waals surface area contributed by atoms with Crippen LogP contribution < -0.4 is 0 Å². The lowest BCUT2D eigenvalue weighted by atomic mass is 9.87. The first-order valence-electron chi connectivity index (χ1n) is 5.92. The summed E-state index contributed by atoms with van der Waals surface area (Å²) in [6, 6.07) is 1.97. The average molecular weight is 216 g/mol. The minimum absolute atomic E-state index is 0.194. The lowest BCUT2D eigenvalue weighted by Crippen LogP contribution is -2.12. The summed E-state index contributed by atoms with van der Waals surface area (Å²) in [5.74, 6) is -0.0841. The number of nitrogens with zero attached hydrogens (tertiary/aromatic N) is 2. The van der Waals surface area contributed by atoms with Gasteiger partial charge in [-0.1, -0.05) is 0 Å². The molecule has 2 aliphatic rings. The molecule has 1 saturated carbocycles. The van der Waals surface area contributed by atoms with Crippen molar-refractivity contribution in [1.82, 2.24) is 4.98 Å². The Balaban J connectivity index is 2.22. The Morgan fingerprint density at radius 2 is 1.88 bits per heavy atom. The molecule has 1 aromatic rings. The summed E-state index contributed by atoms with van der Waals surface area (Å²) in [6.07, 6.45) is 6.29. The van der Waals surface area contributed by atoms with Gasteiger partial charge in [0.1, 0.15) is 11.6 Å². The van der Waals surface area contributed by atoms with E-state index in [2.05, 4.69) is 4.98 Å². The van der Waals surface area contributed by atoms with Crippen molar-refractivity contribution < 1.29 is 4.39 Å². The summed E-state index contributed by atoms with van der Waals surface area (Å²) in [7, 11) is 0. The lowest BCUT2D eigenvalue weighted by molar-refractivity contribution is 0.557. The van der Waals surface area contributed by atoms with Crippen molar-refractivity contribution in [3.05, 3.63) is 28.3 Å². The van der Waals surface area contributed by atoms with Crippen molar-refractivity contribution in [1.29, 1.82) is 5.26 Å². The monoisotopic (exact) mass is 216 g/mol. The van der Waals surface area contributed by atoms with E-state index in [0.29, 0.717) is 5.92 Å². The van der Waals surface area contributed by atoms with E-state index in [4.69, 9.17) is 5.26 Å². The second-order valence-corrected chi connectivity index (χ2v) is 4.71. The summed E-state index contributed by atoms with van der Waals surface area (Å²) in [6.45, 7) is 0. The fourth-order valence-corrected chi connectivity index (χ4v) is 2.63. The van der Waals surface area contributed by atoms with Crippen LogP contribution in [-0.4, -0.2) is 4.98 Å². The highest BCUT2D eigenvalue weighted by molar-refractivity contribution is 5.47. The van der Waals surface area contributed by atoms with Crippen LogP contribution in [0.4, 0.5) is 4.39 Å². The van der Waals surface area contributed by atoms with Crippen molar-refractivity contribution in [2.24, 2.45) is 0 Å². The molecule has 0 spiro atoms. The second-order valence-electron chi connectivity index (χ2n) is 4.71. The maximum Gasteiger partial charge on any atom is 0.231 e. The highest BCUT2D eigenvalue weighted by Gasteiger charge is 2.31. The van der Waals surface area contributed by atoms with Crippen molar-refractivity contribution in [2.75, 3.05) is 0 Å². The summed E-state index contributed by atoms with van der Waals surface area (Å²) < 4.78 is 13.7. The molecule has 1 aromatic heterocycles. The minimum Gasteiger partial charge on any atom is -0.223 e. The smallest absolute Gasteiger partial charge is 0.223 e. The fraction of sp³-hybridized carbons (Fsp3) is 0.538. The van der Waals surface area contributed by atoms with Crippen molar-refractivity contribution >= 4 is 0 Å². The van der Waals surface area contributed by atoms with Gasteiger partial charge in [0.25, 0.3) is 0 Å². The molecule has 3 rings (SSSR count). The van der Waals surface area contributed by atoms with Gasteiger partial charge in [-0.25, -0.2) is 4.98 Å². The standard InChI is InChI=1S/C13H13FN2/c14-13-11(7-15)9-3-1-2-4-10(9)12(16-13)8-5-6-8/h8H,1-6H2. The molecule has 0 atom stereocenters. The number of aromatic nitrogens is 1. The van der Waals surface area contributed by atoms with Gasteiger partial charge in [0.15, 0.2) is 0 Å². The predicted octanol–water partition coefficient (Wildman–Crippen LogP) is 2.85. The highest BCUT2D eigenvalue weighted by atomic mass is 19.1. The molecular weight excluding hydrogens is 203 g/mol. The first-order valence-corrected chi connectivity index (χ1v) is 5.92. The van der Waals surface area contributed by atoms with Crippen LogP contribution in [0.15, 0.2) is 0 Å². The van der Waals surface area contributed by atoms with Crippen LogP contribution in [0.2, 0.25) is 0 Å². The Bertz CT molecular complexity index is 484. The van der Waals surface area contributed by atoms with E-state index in [1.807, 2.05) is 6.07 Å². The number of pyridine rings is 1. The normalized spacial score (nSPS) is 19.0. The zero-order chi connectivity index (χ0) is 11.1. The number of nitriles is 1. The molecule has 0 N–H and O–H groups in total. The van der Waals surface area contributed by atoms with Crippen molar-refractivity contribution in [3.8, 4) is 6.07 Å². The third-order valence-corrected chi connectivity index (χ3v) is 3.58. The van der Waals surface area contributed by atoms with Crippen LogP contribution in [0.3, 0.4) is 0 Å². The van der Waals surface area contributed by atoms with E-state index < -0.39 is 5.95 Å². The molecule has 1 heterocycles. The van der Waals surface area contributed by atoms with Crippen LogP contribution in [-0.2, 0) is 12.8 Å². The van der Waals surface area contributed by atoms with Gasteiger partial charge in [0.2, 0.25) is 5.95 Å². The summed E-state index contributed by atoms with van der Waals surface area (Å²) in [5, 5.41) is 8.99. The maximum atomic E-state index is 13.7. The van der Waals surface area contributed by atoms with E-state index in [1.54, 1.807) is 0 Å². The SMILES string of the molecule is N#Cc1c(F)nc(C2CC2)c2c1CCCC2. The Morgan fingerprint density at radius 1 is 1.19 bits per heavy atom. The van der Waals surface area contributed by atoms with E-state index >= 15 is 0 Å². The van der Waals surface area contributed by atoms with Crippen LogP contribution >= 0.6 is 0 Å². The molecule has 0 aromatic carbocycles. The summed E-state index contributed by atoms with van der Waals surface area (Å²) >= 11 is 0. The summed E-state index contributed by atoms with van der Waals surface area (Å²) in [5.41, 5.74) is 3.28. The van der Waals surface area contributed by atoms with Crippen LogP contribution in [0.25, 0.3) is 0 Å². The minimum atomic E-state index is -0.551. The predicted molar refractivity (Wildman–Crippen MR) is 57.5 cm³/mol. The van der Waals surface area contributed by atoms with Crippen molar-refractivity contribution in [2.45, 2.75) is 44.4 Å². The quantitative estimate of drug-likeness (QED) is 0.677. The van der Waals surface area contributed by atoms with E-state index in [-0.39, 0.29) is 5.56 Å². The van der Waals surface area contributed by atoms with E-state index in [1.165, 1.54) is 5.56 Å². The number of hydrogen-bond donors (Lipinski definition) is 0. The topological polar surface area (TPSA) is 36.7 Å². The molecule has 16 heavy (non-hydrogen) atoms. The molecule has 0 saturated heterocycles. The number of hydrogen-bond acceptors (Lipinski definition) is 2. The molecule has 0 aliphatic heterocycles. The van der Waals surface area contributed by atoms with Crippen molar-refractivity contribution in [3.63, 3.8) is 0 Å². The molecular formula is C13H13FN2. The van der Waals surface area contributed by atoms with Crippen LogP contribution in [0.5, 0.6) is 0 Å². The summed E-state index contributed by atoms with van der Waals surface area (Å²) in [4.78, 5) is 4.03. The van der Waals surface area contributed by atoms with Gasteiger partial charge in [-0.15, -0.1) is 0 Å². The molecule has 1 fully saturated rings. The Hall–Kier alpha value is -1.43. The average Bonchev–Trinajstić information content (AvgIpc) is 3.12. The Kier molecular flexibility index (Phi) is 2.17. The van der Waals surface area contributed by atoms with Gasteiger partial charge in [0, 0.05) is 5.92 Å². The molecule has 2 aliphatic carbocycles. The number of rotatable bonds is 1. The Labute approximate surface area is 94.1 Å². The largest absolute Gasteiger partial charge is 0.231 e. The molecule has 3 heteroatoms. The van der Waals surface area contributed by atoms with E-state index in [9.17, 15) is 4.39 Å². The third-order valence-electron chi connectivity index (χ3n) is 3.58.